The monoisotopic (exact) mass is 689 g/mol. The number of ether oxygens (including phenoxy) is 1. The van der Waals surface area contributed by atoms with Gasteiger partial charge in [-0.3, -0.25) is 33.8 Å². The zero-order valence-electron chi connectivity index (χ0n) is 27.0. The molecule has 2 atom stereocenters. The van der Waals surface area contributed by atoms with Gasteiger partial charge < -0.3 is 36.3 Å². The van der Waals surface area contributed by atoms with Gasteiger partial charge in [-0.15, -0.1) is 0 Å². The van der Waals surface area contributed by atoms with Gasteiger partial charge in [0.15, 0.2) is 0 Å². The lowest BCUT2D eigenvalue weighted by atomic mass is 9.80. The number of phosphoric acid groups is 1. The SMILES string of the molecule is COc1ccc(CCCNC(=O)[C@H](CC(N)=O)NC(=O)C2(NC(=O)[C@H](Cc3ccc(OP(=O)(O)O)cc3)NC(C)=O)CCCCC2)cc1. The number of methoxy groups -OCH3 is 1. The number of carbonyl (C=O) groups excluding carboxylic acids is 5. The van der Waals surface area contributed by atoms with Crippen LogP contribution in [-0.4, -0.2) is 70.6 Å². The van der Waals surface area contributed by atoms with Gasteiger partial charge in [0, 0.05) is 19.9 Å². The average Bonchev–Trinajstić information content (AvgIpc) is 3.02. The summed E-state index contributed by atoms with van der Waals surface area (Å²) < 4.78 is 20.8. The van der Waals surface area contributed by atoms with Crippen molar-refractivity contribution in [1.29, 1.82) is 0 Å². The van der Waals surface area contributed by atoms with Crippen LogP contribution in [0, 0.1) is 0 Å². The molecule has 3 rings (SSSR count). The molecule has 262 valence electrons. The van der Waals surface area contributed by atoms with Crippen LogP contribution in [0.4, 0.5) is 0 Å². The lowest BCUT2D eigenvalue weighted by molar-refractivity contribution is -0.139. The van der Waals surface area contributed by atoms with Crippen LogP contribution in [0.2, 0.25) is 0 Å². The van der Waals surface area contributed by atoms with Gasteiger partial charge in [-0.05, 0) is 61.1 Å². The minimum absolute atomic E-state index is 0.0114. The second kappa shape index (κ2) is 17.6. The van der Waals surface area contributed by atoms with Crippen LogP contribution in [0.25, 0.3) is 0 Å². The smallest absolute Gasteiger partial charge is 0.497 e. The van der Waals surface area contributed by atoms with E-state index in [0.29, 0.717) is 31.2 Å². The van der Waals surface area contributed by atoms with Crippen LogP contribution in [0.5, 0.6) is 11.5 Å². The van der Waals surface area contributed by atoms with Gasteiger partial charge >= 0.3 is 7.82 Å². The van der Waals surface area contributed by atoms with Crippen LogP contribution >= 0.6 is 7.82 Å². The second-order valence-electron chi connectivity index (χ2n) is 11.8. The van der Waals surface area contributed by atoms with Crippen molar-refractivity contribution in [3.05, 3.63) is 59.7 Å². The predicted octanol–water partition coefficient (Wildman–Crippen LogP) is 1.14. The molecule has 0 saturated heterocycles. The standard InChI is InChI=1S/C32H44N5O10P/c1-21(38)35-26(19-23-10-14-25(15-11-23)47-48(43,44)45)30(41)37-32(16-4-3-5-17-32)31(42)36-27(20-28(33)39)29(40)34-18-6-7-22-8-12-24(46-2)13-9-22/h8-15,26-27H,3-7,16-20H2,1-2H3,(H2,33,39)(H,34,40)(H,35,38)(H,36,42)(H,37,41)(H2,43,44,45)/t26-,27-/m0/s1. The van der Waals surface area contributed by atoms with Gasteiger partial charge in [0.05, 0.1) is 13.5 Å². The number of primary amides is 1. The molecule has 0 spiro atoms. The summed E-state index contributed by atoms with van der Waals surface area (Å²) in [6.07, 6.45) is 3.37. The highest BCUT2D eigenvalue weighted by atomic mass is 31.2. The normalized spacial score (nSPS) is 15.2. The molecule has 15 nitrogen and oxygen atoms in total. The van der Waals surface area contributed by atoms with Gasteiger partial charge in [-0.25, -0.2) is 4.57 Å². The number of nitrogens with two attached hydrogens (primary N) is 1. The van der Waals surface area contributed by atoms with Gasteiger partial charge in [-0.2, -0.15) is 0 Å². The van der Waals surface area contributed by atoms with Crippen molar-refractivity contribution in [2.75, 3.05) is 13.7 Å². The Morgan fingerprint density at radius 2 is 1.48 bits per heavy atom. The second-order valence-corrected chi connectivity index (χ2v) is 12.9. The van der Waals surface area contributed by atoms with E-state index in [-0.39, 0.29) is 31.6 Å². The Hall–Kier alpha value is -4.46. The zero-order chi connectivity index (χ0) is 35.3. The molecule has 2 aromatic carbocycles. The van der Waals surface area contributed by atoms with Gasteiger partial charge in [-0.1, -0.05) is 43.5 Å². The lowest BCUT2D eigenvalue weighted by Crippen LogP contribution is -2.65. The van der Waals surface area contributed by atoms with Crippen LogP contribution in [0.3, 0.4) is 0 Å². The Morgan fingerprint density at radius 1 is 0.875 bits per heavy atom. The third-order valence-electron chi connectivity index (χ3n) is 7.91. The molecule has 1 aliphatic rings. The molecule has 0 bridgehead atoms. The van der Waals surface area contributed by atoms with E-state index >= 15 is 0 Å². The molecule has 0 unspecified atom stereocenters. The van der Waals surface area contributed by atoms with E-state index in [1.165, 1.54) is 31.2 Å². The molecule has 0 aromatic heterocycles. The van der Waals surface area contributed by atoms with Crippen LogP contribution < -0.4 is 36.3 Å². The first-order chi connectivity index (χ1) is 22.7. The highest BCUT2D eigenvalue weighted by Gasteiger charge is 2.43. The number of rotatable bonds is 17. The quantitative estimate of drug-likeness (QED) is 0.0924. The number of amides is 5. The van der Waals surface area contributed by atoms with Crippen LogP contribution in [-0.2, 0) is 41.4 Å². The molecule has 2 aromatic rings. The number of benzene rings is 2. The van der Waals surface area contributed by atoms with Crippen molar-refractivity contribution in [2.24, 2.45) is 5.73 Å². The van der Waals surface area contributed by atoms with E-state index < -0.39 is 61.4 Å². The molecule has 48 heavy (non-hydrogen) atoms. The highest BCUT2D eigenvalue weighted by molar-refractivity contribution is 7.46. The molecule has 1 aliphatic carbocycles. The summed E-state index contributed by atoms with van der Waals surface area (Å²) >= 11 is 0. The van der Waals surface area contributed by atoms with Crippen LogP contribution in [0.15, 0.2) is 48.5 Å². The molecular formula is C32H44N5O10P. The number of nitrogens with one attached hydrogen (secondary N) is 4. The number of hydrogen-bond acceptors (Lipinski definition) is 8. The molecule has 0 aliphatic heterocycles. The summed E-state index contributed by atoms with van der Waals surface area (Å²) in [5.41, 5.74) is 5.58. The molecule has 16 heteroatoms. The predicted molar refractivity (Wildman–Crippen MR) is 174 cm³/mol. The van der Waals surface area contributed by atoms with E-state index in [4.69, 9.17) is 20.3 Å². The maximum absolute atomic E-state index is 13.8. The zero-order valence-corrected chi connectivity index (χ0v) is 27.9. The molecule has 1 saturated carbocycles. The fraction of sp³-hybridized carbons (Fsp3) is 0.469. The minimum Gasteiger partial charge on any atom is -0.497 e. The summed E-state index contributed by atoms with van der Waals surface area (Å²) in [6.45, 7) is 1.52. The van der Waals surface area contributed by atoms with Crippen molar-refractivity contribution >= 4 is 37.4 Å². The van der Waals surface area contributed by atoms with Crippen molar-refractivity contribution in [3.8, 4) is 11.5 Å². The van der Waals surface area contributed by atoms with Gasteiger partial charge in [0.2, 0.25) is 29.5 Å². The molecule has 0 heterocycles. The fourth-order valence-electron chi connectivity index (χ4n) is 5.53. The van der Waals surface area contributed by atoms with Crippen LogP contribution in [0.1, 0.15) is 63.0 Å². The third kappa shape index (κ3) is 12.3. The Bertz CT molecular complexity index is 1470. The Kier molecular flexibility index (Phi) is 13.9. The largest absolute Gasteiger partial charge is 0.524 e. The number of aryl methyl sites for hydroxylation is 1. The van der Waals surface area contributed by atoms with E-state index in [0.717, 1.165) is 17.7 Å². The van der Waals surface area contributed by atoms with Crippen molar-refractivity contribution < 1.29 is 47.6 Å². The van der Waals surface area contributed by atoms with E-state index in [2.05, 4.69) is 25.8 Å². The third-order valence-corrected chi connectivity index (χ3v) is 8.36. The first kappa shape index (κ1) is 38.0. The van der Waals surface area contributed by atoms with E-state index in [1.54, 1.807) is 7.11 Å². The lowest BCUT2D eigenvalue weighted by Gasteiger charge is -2.38. The highest BCUT2D eigenvalue weighted by Crippen LogP contribution is 2.37. The summed E-state index contributed by atoms with van der Waals surface area (Å²) in [5.74, 6) is -2.52. The maximum Gasteiger partial charge on any atom is 0.524 e. The average molecular weight is 690 g/mol. The number of carbonyl (C=O) groups is 5. The Balaban J connectivity index is 1.69. The first-order valence-corrected chi connectivity index (χ1v) is 17.2. The minimum atomic E-state index is -4.76. The molecule has 0 radical (unpaired) electrons. The van der Waals surface area contributed by atoms with Crippen molar-refractivity contribution in [3.63, 3.8) is 0 Å². The Morgan fingerprint density at radius 3 is 2.04 bits per heavy atom. The molecule has 8 N–H and O–H groups in total. The topological polar surface area (TPSA) is 235 Å². The first-order valence-electron chi connectivity index (χ1n) is 15.6. The number of phosphoric ester groups is 1. The summed E-state index contributed by atoms with van der Waals surface area (Å²) in [5, 5.41) is 10.8. The molecule has 1 fully saturated rings. The molecule has 5 amide bonds. The summed E-state index contributed by atoms with van der Waals surface area (Å²) in [4.78, 5) is 82.5. The summed E-state index contributed by atoms with van der Waals surface area (Å²) in [7, 11) is -3.18. The maximum atomic E-state index is 13.8. The van der Waals surface area contributed by atoms with Gasteiger partial charge in [0.25, 0.3) is 0 Å². The van der Waals surface area contributed by atoms with E-state index in [1.807, 2.05) is 24.3 Å². The van der Waals surface area contributed by atoms with Crippen molar-refractivity contribution in [2.45, 2.75) is 82.3 Å². The van der Waals surface area contributed by atoms with Crippen molar-refractivity contribution in [1.82, 2.24) is 21.3 Å². The summed E-state index contributed by atoms with van der Waals surface area (Å²) in [6, 6.07) is 10.7. The van der Waals surface area contributed by atoms with E-state index in [9.17, 15) is 28.5 Å². The fourth-order valence-corrected chi connectivity index (χ4v) is 5.92. The Labute approximate surface area is 278 Å². The number of hydrogen-bond donors (Lipinski definition) is 7. The molecular weight excluding hydrogens is 645 g/mol. The van der Waals surface area contributed by atoms with Gasteiger partial charge in [0.1, 0.15) is 29.1 Å².